The zero-order chi connectivity index (χ0) is 19.7. The predicted octanol–water partition coefficient (Wildman–Crippen LogP) is 5.50. The van der Waals surface area contributed by atoms with Crippen molar-refractivity contribution in [2.24, 2.45) is 0 Å². The van der Waals surface area contributed by atoms with Crippen LogP contribution >= 0.6 is 11.6 Å². The number of aromatic nitrogens is 4. The number of rotatable bonds is 3. The fourth-order valence-electron chi connectivity index (χ4n) is 2.65. The molecule has 0 fully saturated rings. The highest BCUT2D eigenvalue weighted by Gasteiger charge is 2.29. The second-order valence-corrected chi connectivity index (χ2v) is 6.27. The van der Waals surface area contributed by atoms with Gasteiger partial charge in [0, 0.05) is 17.3 Å². The van der Waals surface area contributed by atoms with Crippen LogP contribution in [-0.2, 0) is 6.18 Å². The van der Waals surface area contributed by atoms with Gasteiger partial charge in [-0.25, -0.2) is 4.98 Å². The Bertz CT molecular complexity index is 1150. The number of benzene rings is 1. The maximum absolute atomic E-state index is 12.7. The van der Waals surface area contributed by atoms with Crippen molar-refractivity contribution >= 4 is 34.0 Å². The van der Waals surface area contributed by atoms with Crippen molar-refractivity contribution in [3.05, 3.63) is 71.5 Å². The van der Waals surface area contributed by atoms with Gasteiger partial charge in [-0.1, -0.05) is 11.6 Å². The number of hydrogen-bond donors (Lipinski definition) is 1. The molecule has 0 amide bonds. The van der Waals surface area contributed by atoms with Crippen molar-refractivity contribution < 1.29 is 13.2 Å². The van der Waals surface area contributed by atoms with Crippen LogP contribution in [0.2, 0.25) is 5.02 Å². The molecule has 140 valence electrons. The second-order valence-electron chi connectivity index (χ2n) is 5.86. The van der Waals surface area contributed by atoms with E-state index < -0.39 is 11.7 Å². The predicted molar refractivity (Wildman–Crippen MR) is 100 cm³/mol. The molecule has 0 bridgehead atoms. The lowest BCUT2D eigenvalue weighted by Gasteiger charge is -2.11. The Balaban J connectivity index is 1.68. The minimum Gasteiger partial charge on any atom is -0.354 e. The Morgan fingerprint density at radius 1 is 0.964 bits per heavy atom. The van der Waals surface area contributed by atoms with Gasteiger partial charge in [-0.2, -0.15) is 18.3 Å². The van der Waals surface area contributed by atoms with Crippen LogP contribution in [0.3, 0.4) is 0 Å². The largest absolute Gasteiger partial charge is 0.416 e. The van der Waals surface area contributed by atoms with E-state index in [4.69, 9.17) is 11.6 Å². The molecule has 0 aliphatic heterocycles. The van der Waals surface area contributed by atoms with Gasteiger partial charge in [0.2, 0.25) is 0 Å². The average Bonchev–Trinajstić information content (AvgIpc) is 2.68. The van der Waals surface area contributed by atoms with Gasteiger partial charge in [0.15, 0.2) is 5.65 Å². The van der Waals surface area contributed by atoms with Crippen LogP contribution in [0.25, 0.3) is 22.4 Å². The van der Waals surface area contributed by atoms with Gasteiger partial charge in [0.05, 0.1) is 28.2 Å². The molecule has 28 heavy (non-hydrogen) atoms. The fraction of sp³-hybridized carbons (Fsp3) is 0.0526. The highest BCUT2D eigenvalue weighted by atomic mass is 35.5. The van der Waals surface area contributed by atoms with Crippen molar-refractivity contribution in [2.75, 3.05) is 5.32 Å². The van der Waals surface area contributed by atoms with E-state index >= 15 is 0 Å². The van der Waals surface area contributed by atoms with Gasteiger partial charge in [0.25, 0.3) is 0 Å². The third-order valence-corrected chi connectivity index (χ3v) is 4.30. The second kappa shape index (κ2) is 7.05. The van der Waals surface area contributed by atoms with E-state index in [1.54, 1.807) is 30.5 Å². The number of nitrogens with zero attached hydrogens (tertiary/aromatic N) is 4. The van der Waals surface area contributed by atoms with Crippen LogP contribution in [0.5, 0.6) is 0 Å². The van der Waals surface area contributed by atoms with E-state index in [1.165, 1.54) is 18.3 Å². The monoisotopic (exact) mass is 401 g/mol. The summed E-state index contributed by atoms with van der Waals surface area (Å²) in [5.74, 6) is 0. The molecule has 0 radical (unpaired) electrons. The molecule has 0 atom stereocenters. The van der Waals surface area contributed by atoms with E-state index in [1.807, 2.05) is 0 Å². The van der Waals surface area contributed by atoms with Crippen molar-refractivity contribution in [1.82, 2.24) is 20.2 Å². The first-order valence-corrected chi connectivity index (χ1v) is 8.47. The Morgan fingerprint density at radius 3 is 2.46 bits per heavy atom. The number of anilines is 2. The molecule has 4 aromatic rings. The number of halogens is 4. The van der Waals surface area contributed by atoms with Gasteiger partial charge in [-0.3, -0.25) is 4.98 Å². The lowest BCUT2D eigenvalue weighted by Crippen LogP contribution is -2.04. The lowest BCUT2D eigenvalue weighted by molar-refractivity contribution is -0.137. The summed E-state index contributed by atoms with van der Waals surface area (Å²) in [5, 5.41) is 12.1. The van der Waals surface area contributed by atoms with Crippen LogP contribution in [-0.4, -0.2) is 20.2 Å². The zero-order valence-corrected chi connectivity index (χ0v) is 14.8. The number of pyridine rings is 2. The number of alkyl halides is 3. The van der Waals surface area contributed by atoms with Crippen molar-refractivity contribution in [2.45, 2.75) is 6.18 Å². The lowest BCUT2D eigenvalue weighted by atomic mass is 10.2. The first kappa shape index (κ1) is 18.1. The maximum atomic E-state index is 12.7. The summed E-state index contributed by atoms with van der Waals surface area (Å²) in [5.41, 5.74) is 1.76. The summed E-state index contributed by atoms with van der Waals surface area (Å²) in [4.78, 5) is 8.67. The van der Waals surface area contributed by atoms with Gasteiger partial charge >= 0.3 is 6.18 Å². The third-order valence-electron chi connectivity index (χ3n) is 4.00. The topological polar surface area (TPSA) is 63.6 Å². The zero-order valence-electron chi connectivity index (χ0n) is 14.1. The molecule has 1 N–H and O–H groups in total. The average molecular weight is 402 g/mol. The molecule has 3 aromatic heterocycles. The minimum atomic E-state index is -4.38. The normalized spacial score (nSPS) is 11.6. The van der Waals surface area contributed by atoms with Gasteiger partial charge in [0.1, 0.15) is 5.69 Å². The molecule has 4 rings (SSSR count). The number of hydrogen-bond acceptors (Lipinski definition) is 5. The molecule has 3 heterocycles. The standard InChI is InChI=1S/C19H11ClF3N5/c20-14-2-1-9-24-17(14)15-8-7-13-16(10-25-28-18(13)27-15)26-12-5-3-11(4-6-12)19(21,22)23/h1-10H,(H,26,27,28). The molecule has 0 aliphatic rings. The van der Waals surface area contributed by atoms with Crippen molar-refractivity contribution in [3.63, 3.8) is 0 Å². The van der Waals surface area contributed by atoms with Crippen LogP contribution in [0.4, 0.5) is 24.5 Å². The Kier molecular flexibility index (Phi) is 4.56. The maximum Gasteiger partial charge on any atom is 0.416 e. The van der Waals surface area contributed by atoms with E-state index in [0.29, 0.717) is 38.8 Å². The SMILES string of the molecule is FC(F)(F)c1ccc(Nc2cnnc3nc(-c4ncccc4Cl)ccc23)cc1. The highest BCUT2D eigenvalue weighted by Crippen LogP contribution is 2.31. The Labute approximate surface area is 162 Å². The van der Waals surface area contributed by atoms with Crippen LogP contribution < -0.4 is 5.32 Å². The molecule has 5 nitrogen and oxygen atoms in total. The Hall–Kier alpha value is -3.26. The molecule has 0 unspecified atom stereocenters. The van der Waals surface area contributed by atoms with Crippen LogP contribution in [0.1, 0.15) is 5.56 Å². The number of fused-ring (bicyclic) bond motifs is 1. The van der Waals surface area contributed by atoms with E-state index in [0.717, 1.165) is 12.1 Å². The quantitative estimate of drug-likeness (QED) is 0.491. The van der Waals surface area contributed by atoms with Crippen LogP contribution in [0.15, 0.2) is 60.9 Å². The Morgan fingerprint density at radius 2 is 1.75 bits per heavy atom. The summed E-state index contributed by atoms with van der Waals surface area (Å²) in [6.07, 6.45) is -1.28. The number of nitrogens with one attached hydrogen (secondary N) is 1. The molecular formula is C19H11ClF3N5. The first-order valence-electron chi connectivity index (χ1n) is 8.09. The fourth-order valence-corrected chi connectivity index (χ4v) is 2.87. The van der Waals surface area contributed by atoms with E-state index in [2.05, 4.69) is 25.5 Å². The van der Waals surface area contributed by atoms with Crippen molar-refractivity contribution in [1.29, 1.82) is 0 Å². The van der Waals surface area contributed by atoms with Gasteiger partial charge in [-0.15, -0.1) is 5.10 Å². The summed E-state index contributed by atoms with van der Waals surface area (Å²) in [7, 11) is 0. The molecule has 0 saturated heterocycles. The van der Waals surface area contributed by atoms with Gasteiger partial charge in [-0.05, 0) is 48.5 Å². The van der Waals surface area contributed by atoms with Crippen molar-refractivity contribution in [3.8, 4) is 11.4 Å². The van der Waals surface area contributed by atoms with Gasteiger partial charge < -0.3 is 5.32 Å². The first-order chi connectivity index (χ1) is 13.4. The molecule has 1 aromatic carbocycles. The summed E-state index contributed by atoms with van der Waals surface area (Å²) >= 11 is 6.16. The van der Waals surface area contributed by atoms with Crippen LogP contribution in [0, 0.1) is 0 Å². The molecule has 0 aliphatic carbocycles. The molecule has 0 spiro atoms. The third kappa shape index (κ3) is 3.59. The summed E-state index contributed by atoms with van der Waals surface area (Å²) in [6, 6.07) is 11.7. The molecule has 9 heteroatoms. The smallest absolute Gasteiger partial charge is 0.354 e. The highest BCUT2D eigenvalue weighted by molar-refractivity contribution is 6.32. The van der Waals surface area contributed by atoms with E-state index in [-0.39, 0.29) is 0 Å². The summed E-state index contributed by atoms with van der Waals surface area (Å²) < 4.78 is 38.1. The summed E-state index contributed by atoms with van der Waals surface area (Å²) in [6.45, 7) is 0. The van der Waals surface area contributed by atoms with E-state index in [9.17, 15) is 13.2 Å². The molecule has 0 saturated carbocycles. The minimum absolute atomic E-state index is 0.358. The molecular weight excluding hydrogens is 391 g/mol.